The van der Waals surface area contributed by atoms with Crippen LogP contribution in [-0.2, 0) is 0 Å². The lowest BCUT2D eigenvalue weighted by Crippen LogP contribution is -1.99. The third-order valence-electron chi connectivity index (χ3n) is 2.77. The zero-order chi connectivity index (χ0) is 13.7. The second-order valence-corrected chi connectivity index (χ2v) is 5.12. The van der Waals surface area contributed by atoms with Crippen LogP contribution in [0.4, 0.5) is 0 Å². The van der Waals surface area contributed by atoms with E-state index in [4.69, 9.17) is 9.47 Å². The second-order valence-electron chi connectivity index (χ2n) is 4.26. The molecular formula is C14H19BrO3. The third kappa shape index (κ3) is 3.50. The summed E-state index contributed by atoms with van der Waals surface area (Å²) >= 11 is 3.50. The Morgan fingerprint density at radius 3 is 2.28 bits per heavy atom. The number of benzene rings is 1. The Morgan fingerprint density at radius 1 is 1.28 bits per heavy atom. The third-order valence-corrected chi connectivity index (χ3v) is 3.45. The van der Waals surface area contributed by atoms with E-state index in [9.17, 15) is 5.11 Å². The standard InChI is InChI=1S/C14H19BrO3/c1-9(2)11(8-16)5-10-6-13(17-3)14(18-4)7-12(10)15/h5-7,9,16H,8H2,1-4H3. The minimum atomic E-state index is 0.0540. The number of hydrogen-bond donors (Lipinski definition) is 1. The number of halogens is 1. The molecule has 100 valence electrons. The van der Waals surface area contributed by atoms with Crippen molar-refractivity contribution in [2.75, 3.05) is 20.8 Å². The fourth-order valence-corrected chi connectivity index (χ4v) is 2.01. The van der Waals surface area contributed by atoms with E-state index in [2.05, 4.69) is 29.8 Å². The Bertz CT molecular complexity index is 439. The molecule has 0 aromatic heterocycles. The van der Waals surface area contributed by atoms with Gasteiger partial charge in [-0.1, -0.05) is 35.9 Å². The summed E-state index contributed by atoms with van der Waals surface area (Å²) in [4.78, 5) is 0. The molecule has 0 saturated heterocycles. The minimum Gasteiger partial charge on any atom is -0.493 e. The van der Waals surface area contributed by atoms with Crippen molar-refractivity contribution in [1.29, 1.82) is 0 Å². The van der Waals surface area contributed by atoms with Crippen LogP contribution < -0.4 is 9.47 Å². The van der Waals surface area contributed by atoms with Crippen molar-refractivity contribution in [3.8, 4) is 11.5 Å². The molecule has 1 aromatic rings. The van der Waals surface area contributed by atoms with Crippen LogP contribution in [0.2, 0.25) is 0 Å². The molecule has 0 saturated carbocycles. The van der Waals surface area contributed by atoms with E-state index in [0.717, 1.165) is 15.6 Å². The molecule has 4 heteroatoms. The van der Waals surface area contributed by atoms with E-state index in [1.807, 2.05) is 18.2 Å². The molecule has 0 aliphatic carbocycles. The predicted octanol–water partition coefficient (Wildman–Crippen LogP) is 3.50. The molecule has 0 unspecified atom stereocenters. The summed E-state index contributed by atoms with van der Waals surface area (Å²) < 4.78 is 11.4. The Kier molecular flexibility index (Phi) is 5.69. The van der Waals surface area contributed by atoms with Crippen LogP contribution in [0.3, 0.4) is 0 Å². The smallest absolute Gasteiger partial charge is 0.161 e. The first-order valence-corrected chi connectivity index (χ1v) is 6.55. The maximum Gasteiger partial charge on any atom is 0.161 e. The van der Waals surface area contributed by atoms with Crippen molar-refractivity contribution >= 4 is 22.0 Å². The molecule has 3 nitrogen and oxygen atoms in total. The van der Waals surface area contributed by atoms with Crippen LogP contribution >= 0.6 is 15.9 Å². The summed E-state index contributed by atoms with van der Waals surface area (Å²) in [5.74, 6) is 1.65. The van der Waals surface area contributed by atoms with Gasteiger partial charge in [-0.05, 0) is 29.2 Å². The Balaban J connectivity index is 3.25. The van der Waals surface area contributed by atoms with Crippen LogP contribution in [0.15, 0.2) is 22.2 Å². The largest absolute Gasteiger partial charge is 0.493 e. The highest BCUT2D eigenvalue weighted by Gasteiger charge is 2.10. The zero-order valence-corrected chi connectivity index (χ0v) is 12.7. The Hall–Kier alpha value is -1.00. The number of rotatable bonds is 5. The van der Waals surface area contributed by atoms with E-state index in [1.165, 1.54) is 0 Å². The first kappa shape index (κ1) is 15.1. The molecule has 1 N–H and O–H groups in total. The number of methoxy groups -OCH3 is 2. The molecule has 0 spiro atoms. The molecule has 0 heterocycles. The summed E-state index contributed by atoms with van der Waals surface area (Å²) in [5, 5.41) is 9.34. The quantitative estimate of drug-likeness (QED) is 0.904. The molecule has 0 bridgehead atoms. The average Bonchev–Trinajstić information content (AvgIpc) is 2.36. The van der Waals surface area contributed by atoms with Gasteiger partial charge in [0.25, 0.3) is 0 Å². The van der Waals surface area contributed by atoms with Gasteiger partial charge in [-0.15, -0.1) is 0 Å². The molecule has 0 aliphatic heterocycles. The maximum absolute atomic E-state index is 9.34. The van der Waals surface area contributed by atoms with E-state index in [0.29, 0.717) is 17.4 Å². The lowest BCUT2D eigenvalue weighted by Gasteiger charge is -2.12. The predicted molar refractivity (Wildman–Crippen MR) is 77.1 cm³/mol. The summed E-state index contributed by atoms with van der Waals surface area (Å²) in [7, 11) is 3.21. The first-order valence-electron chi connectivity index (χ1n) is 5.76. The van der Waals surface area contributed by atoms with Gasteiger partial charge in [0, 0.05) is 4.47 Å². The molecular weight excluding hydrogens is 296 g/mol. The molecule has 0 atom stereocenters. The molecule has 0 amide bonds. The van der Waals surface area contributed by atoms with Gasteiger partial charge in [-0.25, -0.2) is 0 Å². The normalized spacial score (nSPS) is 11.8. The van der Waals surface area contributed by atoms with E-state index in [-0.39, 0.29) is 6.61 Å². The average molecular weight is 315 g/mol. The van der Waals surface area contributed by atoms with Crippen molar-refractivity contribution in [3.05, 3.63) is 27.7 Å². The van der Waals surface area contributed by atoms with Gasteiger partial charge in [-0.2, -0.15) is 0 Å². The van der Waals surface area contributed by atoms with Crippen LogP contribution in [0, 0.1) is 5.92 Å². The van der Waals surface area contributed by atoms with Crippen LogP contribution in [0.25, 0.3) is 6.08 Å². The van der Waals surface area contributed by atoms with Gasteiger partial charge < -0.3 is 14.6 Å². The second kappa shape index (κ2) is 6.81. The molecule has 0 aliphatic rings. The summed E-state index contributed by atoms with van der Waals surface area (Å²) in [6.45, 7) is 4.16. The molecule has 0 radical (unpaired) electrons. The van der Waals surface area contributed by atoms with Gasteiger partial charge >= 0.3 is 0 Å². The molecule has 1 aromatic carbocycles. The fraction of sp³-hybridized carbons (Fsp3) is 0.429. The number of ether oxygens (including phenoxy) is 2. The van der Waals surface area contributed by atoms with Gasteiger partial charge in [0.05, 0.1) is 20.8 Å². The maximum atomic E-state index is 9.34. The molecule has 1 rings (SSSR count). The molecule has 18 heavy (non-hydrogen) atoms. The lowest BCUT2D eigenvalue weighted by molar-refractivity contribution is 0.320. The van der Waals surface area contributed by atoms with Gasteiger partial charge in [-0.3, -0.25) is 0 Å². The van der Waals surface area contributed by atoms with Crippen molar-refractivity contribution in [2.45, 2.75) is 13.8 Å². The van der Waals surface area contributed by atoms with Crippen LogP contribution in [-0.4, -0.2) is 25.9 Å². The Labute approximate surface area is 117 Å². The van der Waals surface area contributed by atoms with Gasteiger partial charge in [0.15, 0.2) is 11.5 Å². The number of aliphatic hydroxyl groups excluding tert-OH is 1. The highest BCUT2D eigenvalue weighted by Crippen LogP contribution is 2.34. The lowest BCUT2D eigenvalue weighted by atomic mass is 10.0. The number of aliphatic hydroxyl groups is 1. The van der Waals surface area contributed by atoms with E-state index < -0.39 is 0 Å². The molecule has 0 fully saturated rings. The topological polar surface area (TPSA) is 38.7 Å². The van der Waals surface area contributed by atoms with Crippen molar-refractivity contribution in [2.24, 2.45) is 5.92 Å². The van der Waals surface area contributed by atoms with E-state index in [1.54, 1.807) is 14.2 Å². The first-order chi connectivity index (χ1) is 8.53. The highest BCUT2D eigenvalue weighted by molar-refractivity contribution is 9.10. The minimum absolute atomic E-state index is 0.0540. The number of hydrogen-bond acceptors (Lipinski definition) is 3. The van der Waals surface area contributed by atoms with Gasteiger partial charge in [0.1, 0.15) is 0 Å². The van der Waals surface area contributed by atoms with Gasteiger partial charge in [0.2, 0.25) is 0 Å². The van der Waals surface area contributed by atoms with Crippen LogP contribution in [0.1, 0.15) is 19.4 Å². The SMILES string of the molecule is COc1cc(Br)c(C=C(CO)C(C)C)cc1OC. The Morgan fingerprint density at radius 2 is 1.83 bits per heavy atom. The van der Waals surface area contributed by atoms with Crippen molar-refractivity contribution < 1.29 is 14.6 Å². The van der Waals surface area contributed by atoms with Crippen molar-refractivity contribution in [1.82, 2.24) is 0 Å². The van der Waals surface area contributed by atoms with Crippen molar-refractivity contribution in [3.63, 3.8) is 0 Å². The zero-order valence-electron chi connectivity index (χ0n) is 11.2. The summed E-state index contributed by atoms with van der Waals surface area (Å²) in [6.07, 6.45) is 1.97. The fourth-order valence-electron chi connectivity index (χ4n) is 1.58. The summed E-state index contributed by atoms with van der Waals surface area (Å²) in [6, 6.07) is 3.75. The van der Waals surface area contributed by atoms with E-state index >= 15 is 0 Å². The summed E-state index contributed by atoms with van der Waals surface area (Å²) in [5.41, 5.74) is 1.94. The van der Waals surface area contributed by atoms with Crippen LogP contribution in [0.5, 0.6) is 11.5 Å². The monoisotopic (exact) mass is 314 g/mol. The highest BCUT2D eigenvalue weighted by atomic mass is 79.9.